The normalized spacial score (nSPS) is 13.4. The third-order valence-corrected chi connectivity index (χ3v) is 5.67. The number of fused-ring (bicyclic) bond motifs is 1. The molecule has 0 aliphatic heterocycles. The molecule has 1 aliphatic rings. The van der Waals surface area contributed by atoms with Crippen LogP contribution in [0.4, 0.5) is 17.5 Å². The van der Waals surface area contributed by atoms with Crippen LogP contribution in [0.25, 0.3) is 11.0 Å². The first kappa shape index (κ1) is 19.7. The maximum absolute atomic E-state index is 12.7. The summed E-state index contributed by atoms with van der Waals surface area (Å²) in [5.41, 5.74) is 4.33. The first-order chi connectivity index (χ1) is 15.0. The Hall–Kier alpha value is -3.23. The van der Waals surface area contributed by atoms with Gasteiger partial charge in [-0.05, 0) is 48.9 Å². The van der Waals surface area contributed by atoms with Gasteiger partial charge in [-0.2, -0.15) is 0 Å². The van der Waals surface area contributed by atoms with Crippen LogP contribution in [-0.2, 0) is 0 Å². The van der Waals surface area contributed by atoms with Crippen molar-refractivity contribution in [3.63, 3.8) is 0 Å². The second kappa shape index (κ2) is 7.79. The predicted octanol–water partition coefficient (Wildman–Crippen LogP) is 5.24. The Morgan fingerprint density at radius 3 is 2.61 bits per heavy atom. The van der Waals surface area contributed by atoms with Crippen molar-refractivity contribution in [2.24, 2.45) is 0 Å². The van der Waals surface area contributed by atoms with Crippen LogP contribution in [-0.4, -0.2) is 30.8 Å². The van der Waals surface area contributed by atoms with E-state index < -0.39 is 0 Å². The van der Waals surface area contributed by atoms with Crippen molar-refractivity contribution in [2.75, 3.05) is 10.6 Å². The Bertz CT molecular complexity index is 1300. The molecule has 8 nitrogen and oxygen atoms in total. The lowest BCUT2D eigenvalue weighted by molar-refractivity contribution is 0.102. The molecule has 4 heterocycles. The van der Waals surface area contributed by atoms with Crippen LogP contribution in [0.5, 0.6) is 0 Å². The second-order valence-corrected chi connectivity index (χ2v) is 8.24. The standard InChI is InChI=1S/C21H17Cl2N7O/c1-10-6-26-18(4-12(10)11-2-3-11)29-20(31)16-5-15-17(9-25-16)28-21(27-15)30-19-13(22)7-24-8-14(19)23/h4-9,11H,2-3H2,1H3,(H,26,29,31)(H2,24,27,28,30). The van der Waals surface area contributed by atoms with Crippen LogP contribution in [0.15, 0.2) is 36.9 Å². The van der Waals surface area contributed by atoms with Gasteiger partial charge in [-0.25, -0.2) is 15.0 Å². The van der Waals surface area contributed by atoms with Crippen molar-refractivity contribution in [3.8, 4) is 0 Å². The van der Waals surface area contributed by atoms with Crippen molar-refractivity contribution in [3.05, 3.63) is 63.8 Å². The van der Waals surface area contributed by atoms with Crippen LogP contribution >= 0.6 is 23.2 Å². The van der Waals surface area contributed by atoms with Gasteiger partial charge in [0, 0.05) is 18.6 Å². The van der Waals surface area contributed by atoms with Crippen LogP contribution < -0.4 is 10.6 Å². The minimum Gasteiger partial charge on any atom is -0.323 e. The number of carbonyl (C=O) groups excluding carboxylic acids is 1. The van der Waals surface area contributed by atoms with Crippen LogP contribution in [0.1, 0.15) is 40.4 Å². The molecule has 1 amide bonds. The van der Waals surface area contributed by atoms with Crippen LogP contribution in [0.2, 0.25) is 10.0 Å². The summed E-state index contributed by atoms with van der Waals surface area (Å²) in [5.74, 6) is 1.16. The molecule has 0 unspecified atom stereocenters. The summed E-state index contributed by atoms with van der Waals surface area (Å²) in [6.07, 6.45) is 8.67. The molecule has 0 atom stereocenters. The largest absolute Gasteiger partial charge is 0.323 e. The number of pyridine rings is 3. The number of hydrogen-bond acceptors (Lipinski definition) is 6. The van der Waals surface area contributed by atoms with Gasteiger partial charge in [-0.1, -0.05) is 23.2 Å². The Labute approximate surface area is 187 Å². The van der Waals surface area contributed by atoms with E-state index in [0.717, 1.165) is 5.56 Å². The molecular formula is C21H17Cl2N7O. The number of amides is 1. The lowest BCUT2D eigenvalue weighted by atomic mass is 10.1. The van der Waals surface area contributed by atoms with Crippen molar-refractivity contribution in [1.29, 1.82) is 0 Å². The number of nitrogens with zero attached hydrogens (tertiary/aromatic N) is 4. The summed E-state index contributed by atoms with van der Waals surface area (Å²) >= 11 is 12.3. The van der Waals surface area contributed by atoms with Crippen LogP contribution in [0, 0.1) is 6.92 Å². The molecule has 0 saturated heterocycles. The molecular weight excluding hydrogens is 437 g/mol. The van der Waals surface area contributed by atoms with Gasteiger partial charge < -0.3 is 15.6 Å². The summed E-state index contributed by atoms with van der Waals surface area (Å²) in [5, 5.41) is 6.59. The van der Waals surface area contributed by atoms with Crippen molar-refractivity contribution < 1.29 is 4.79 Å². The molecule has 31 heavy (non-hydrogen) atoms. The Morgan fingerprint density at radius 1 is 1.10 bits per heavy atom. The van der Waals surface area contributed by atoms with E-state index in [0.29, 0.717) is 44.5 Å². The quantitative estimate of drug-likeness (QED) is 0.381. The van der Waals surface area contributed by atoms with Crippen molar-refractivity contribution in [1.82, 2.24) is 24.9 Å². The molecule has 1 aliphatic carbocycles. The molecule has 156 valence electrons. The fourth-order valence-corrected chi connectivity index (χ4v) is 3.82. The molecule has 10 heteroatoms. The number of H-pyrrole nitrogens is 1. The van der Waals surface area contributed by atoms with Gasteiger partial charge in [-0.15, -0.1) is 0 Å². The van der Waals surface area contributed by atoms with Gasteiger partial charge in [-0.3, -0.25) is 9.78 Å². The molecule has 1 saturated carbocycles. The highest BCUT2D eigenvalue weighted by Gasteiger charge is 2.25. The number of aromatic amines is 1. The Balaban J connectivity index is 1.37. The van der Waals surface area contributed by atoms with Gasteiger partial charge in [0.05, 0.1) is 33.0 Å². The van der Waals surface area contributed by atoms with Gasteiger partial charge in [0.15, 0.2) is 0 Å². The van der Waals surface area contributed by atoms with Crippen molar-refractivity contribution in [2.45, 2.75) is 25.7 Å². The van der Waals surface area contributed by atoms with Gasteiger partial charge in [0.2, 0.25) is 5.95 Å². The lowest BCUT2D eigenvalue weighted by Crippen LogP contribution is -2.14. The van der Waals surface area contributed by atoms with Gasteiger partial charge in [0.1, 0.15) is 11.5 Å². The smallest absolute Gasteiger partial charge is 0.275 e. The SMILES string of the molecule is Cc1cnc(NC(=O)c2cc3nc(Nc4c(Cl)cncc4Cl)[nH]c3cn2)cc1C1CC1. The number of rotatable bonds is 5. The van der Waals surface area contributed by atoms with E-state index in [2.05, 4.69) is 35.6 Å². The van der Waals surface area contributed by atoms with E-state index >= 15 is 0 Å². The number of imidazole rings is 1. The average molecular weight is 454 g/mol. The molecule has 0 bridgehead atoms. The average Bonchev–Trinajstić information content (AvgIpc) is 3.51. The summed E-state index contributed by atoms with van der Waals surface area (Å²) in [7, 11) is 0. The third kappa shape index (κ3) is 4.04. The summed E-state index contributed by atoms with van der Waals surface area (Å²) in [6, 6.07) is 3.56. The number of nitrogens with one attached hydrogen (secondary N) is 3. The van der Waals surface area contributed by atoms with Crippen molar-refractivity contribution >= 4 is 57.6 Å². The third-order valence-electron chi connectivity index (χ3n) is 5.10. The highest BCUT2D eigenvalue weighted by atomic mass is 35.5. The molecule has 4 aromatic heterocycles. The molecule has 0 aromatic carbocycles. The number of halogens is 2. The lowest BCUT2D eigenvalue weighted by Gasteiger charge is -2.08. The number of anilines is 3. The van der Waals surface area contributed by atoms with Gasteiger partial charge >= 0.3 is 0 Å². The van der Waals surface area contributed by atoms with E-state index in [9.17, 15) is 4.79 Å². The first-order valence-corrected chi connectivity index (χ1v) is 10.4. The molecule has 1 fully saturated rings. The number of hydrogen-bond donors (Lipinski definition) is 3. The van der Waals surface area contributed by atoms with Gasteiger partial charge in [0.25, 0.3) is 5.91 Å². The Kier molecular flexibility index (Phi) is 4.95. The van der Waals surface area contributed by atoms with E-state index in [4.69, 9.17) is 23.2 Å². The topological polar surface area (TPSA) is 108 Å². The zero-order valence-corrected chi connectivity index (χ0v) is 17.9. The zero-order valence-electron chi connectivity index (χ0n) is 16.4. The molecule has 3 N–H and O–H groups in total. The summed E-state index contributed by atoms with van der Waals surface area (Å²) in [4.78, 5) is 32.7. The first-order valence-electron chi connectivity index (χ1n) is 9.67. The molecule has 0 radical (unpaired) electrons. The second-order valence-electron chi connectivity index (χ2n) is 7.43. The minimum absolute atomic E-state index is 0.237. The maximum Gasteiger partial charge on any atom is 0.275 e. The number of aryl methyl sites for hydroxylation is 1. The number of aromatic nitrogens is 5. The Morgan fingerprint density at radius 2 is 1.87 bits per heavy atom. The monoisotopic (exact) mass is 453 g/mol. The van der Waals surface area contributed by atoms with E-state index in [1.54, 1.807) is 18.5 Å². The van der Waals surface area contributed by atoms with E-state index in [1.165, 1.54) is 30.8 Å². The highest BCUT2D eigenvalue weighted by Crippen LogP contribution is 2.42. The van der Waals surface area contributed by atoms with E-state index in [-0.39, 0.29) is 11.6 Å². The summed E-state index contributed by atoms with van der Waals surface area (Å²) < 4.78 is 0. The fraction of sp³-hybridized carbons (Fsp3) is 0.190. The maximum atomic E-state index is 12.7. The molecule has 5 rings (SSSR count). The zero-order chi connectivity index (χ0) is 21.5. The highest BCUT2D eigenvalue weighted by molar-refractivity contribution is 6.39. The fourth-order valence-electron chi connectivity index (χ4n) is 3.36. The summed E-state index contributed by atoms with van der Waals surface area (Å²) in [6.45, 7) is 2.04. The van der Waals surface area contributed by atoms with E-state index in [1.807, 2.05) is 13.0 Å². The number of carbonyl (C=O) groups is 1. The van der Waals surface area contributed by atoms with Crippen LogP contribution in [0.3, 0.4) is 0 Å². The molecule has 0 spiro atoms. The molecule has 4 aromatic rings. The minimum atomic E-state index is -0.349. The predicted molar refractivity (Wildman–Crippen MR) is 120 cm³/mol.